The number of nitrogens with zero attached hydrogens (tertiary/aromatic N) is 2. The number of amides is 1. The number of carbonyl (C=O) groups is 2. The van der Waals surface area contributed by atoms with Crippen LogP contribution in [0.25, 0.3) is 0 Å². The summed E-state index contributed by atoms with van der Waals surface area (Å²) in [5, 5.41) is 1.57. The van der Waals surface area contributed by atoms with Crippen molar-refractivity contribution in [2.75, 3.05) is 33.7 Å². The summed E-state index contributed by atoms with van der Waals surface area (Å²) < 4.78 is 19.9. The Bertz CT molecular complexity index is 599. The zero-order valence-corrected chi connectivity index (χ0v) is 12.6. The molecule has 9 heteroatoms. The van der Waals surface area contributed by atoms with Crippen molar-refractivity contribution in [2.45, 2.75) is 6.17 Å². The maximum Gasteiger partial charge on any atom is 0.510 e. The molecule has 0 spiro atoms. The smallest absolute Gasteiger partial charge is 0.454 e. The number of rotatable bonds is 3. The van der Waals surface area contributed by atoms with Crippen LogP contribution in [0.4, 0.5) is 4.79 Å². The number of hydrogen-bond acceptors (Lipinski definition) is 8. The van der Waals surface area contributed by atoms with Gasteiger partial charge in [-0.05, 0) is 6.08 Å². The van der Waals surface area contributed by atoms with Crippen LogP contribution in [0, 0.1) is 0 Å². The molecule has 124 valence electrons. The van der Waals surface area contributed by atoms with E-state index in [1.54, 1.807) is 22.2 Å². The molecule has 3 aliphatic rings. The molecule has 9 nitrogen and oxygen atoms in total. The Morgan fingerprint density at radius 3 is 3.17 bits per heavy atom. The molecule has 3 aliphatic heterocycles. The van der Waals surface area contributed by atoms with Crippen LogP contribution in [-0.2, 0) is 23.7 Å². The first-order valence-corrected chi connectivity index (χ1v) is 7.01. The molecule has 0 aromatic carbocycles. The van der Waals surface area contributed by atoms with Gasteiger partial charge in [0.15, 0.2) is 11.5 Å². The number of hydrazine groups is 1. The zero-order valence-electron chi connectivity index (χ0n) is 12.6. The molecule has 0 unspecified atom stereocenters. The van der Waals surface area contributed by atoms with Crippen molar-refractivity contribution in [3.63, 3.8) is 0 Å². The fraction of sp³-hybridized carbons (Fsp3) is 0.429. The third kappa shape index (κ3) is 2.88. The van der Waals surface area contributed by atoms with Crippen LogP contribution in [0.3, 0.4) is 0 Å². The van der Waals surface area contributed by atoms with Gasteiger partial charge in [-0.25, -0.2) is 10.2 Å². The van der Waals surface area contributed by atoms with Crippen molar-refractivity contribution in [2.24, 2.45) is 0 Å². The minimum absolute atomic E-state index is 0.199. The monoisotopic (exact) mass is 323 g/mol. The molecule has 0 bridgehead atoms. The second kappa shape index (κ2) is 6.31. The summed E-state index contributed by atoms with van der Waals surface area (Å²) in [6.07, 6.45) is 2.28. The summed E-state index contributed by atoms with van der Waals surface area (Å²) in [5.74, 6) is 0.0504. The highest BCUT2D eigenvalue weighted by atomic mass is 16.8. The van der Waals surface area contributed by atoms with Gasteiger partial charge in [0.2, 0.25) is 6.79 Å². The van der Waals surface area contributed by atoms with E-state index in [1.807, 2.05) is 0 Å². The Balaban J connectivity index is 1.81. The van der Waals surface area contributed by atoms with Crippen LogP contribution in [0.15, 0.2) is 35.9 Å². The molecule has 23 heavy (non-hydrogen) atoms. The normalized spacial score (nSPS) is 23.4. The quantitative estimate of drug-likeness (QED) is 0.575. The van der Waals surface area contributed by atoms with Crippen LogP contribution < -0.4 is 5.43 Å². The van der Waals surface area contributed by atoms with Crippen LogP contribution >= 0.6 is 0 Å². The van der Waals surface area contributed by atoms with Crippen molar-refractivity contribution >= 4 is 12.1 Å². The highest BCUT2D eigenvalue weighted by Gasteiger charge is 2.40. The number of hydrogen-bond donors (Lipinski definition) is 1. The second-order valence-electron chi connectivity index (χ2n) is 4.97. The predicted molar refractivity (Wildman–Crippen MR) is 76.0 cm³/mol. The van der Waals surface area contributed by atoms with E-state index in [-0.39, 0.29) is 24.6 Å². The van der Waals surface area contributed by atoms with Gasteiger partial charge in [-0.3, -0.25) is 9.80 Å². The van der Waals surface area contributed by atoms with E-state index in [1.165, 1.54) is 7.11 Å². The van der Waals surface area contributed by atoms with E-state index >= 15 is 0 Å². The van der Waals surface area contributed by atoms with Crippen molar-refractivity contribution in [3.05, 3.63) is 35.9 Å². The number of carbonyl (C=O) groups excluding carboxylic acids is 2. The minimum Gasteiger partial charge on any atom is -0.454 e. The van der Waals surface area contributed by atoms with Crippen LogP contribution in [0.5, 0.6) is 0 Å². The topological polar surface area (TPSA) is 89.6 Å². The van der Waals surface area contributed by atoms with Gasteiger partial charge in [0, 0.05) is 18.3 Å². The molecule has 0 aromatic rings. The summed E-state index contributed by atoms with van der Waals surface area (Å²) in [6.45, 7) is 4.84. The lowest BCUT2D eigenvalue weighted by Gasteiger charge is -2.45. The number of allylic oxidation sites excluding steroid dienone is 1. The maximum atomic E-state index is 12.7. The third-order valence-corrected chi connectivity index (χ3v) is 3.60. The molecule has 0 aromatic heterocycles. The fourth-order valence-electron chi connectivity index (χ4n) is 2.49. The van der Waals surface area contributed by atoms with E-state index < -0.39 is 6.16 Å². The van der Waals surface area contributed by atoms with Gasteiger partial charge in [0.25, 0.3) is 5.91 Å². The number of fused-ring (bicyclic) bond motifs is 2. The van der Waals surface area contributed by atoms with Gasteiger partial charge >= 0.3 is 6.16 Å². The van der Waals surface area contributed by atoms with Gasteiger partial charge in [0.05, 0.1) is 20.3 Å². The maximum absolute atomic E-state index is 12.7. The lowest BCUT2D eigenvalue weighted by molar-refractivity contribution is -0.148. The number of nitrogens with one attached hydrogen (secondary N) is 1. The Morgan fingerprint density at radius 2 is 2.39 bits per heavy atom. The number of methoxy groups -OCH3 is 1. The average molecular weight is 323 g/mol. The van der Waals surface area contributed by atoms with Crippen LogP contribution in [0.2, 0.25) is 0 Å². The molecule has 1 amide bonds. The Hall–Kier alpha value is -2.52. The zero-order chi connectivity index (χ0) is 16.4. The van der Waals surface area contributed by atoms with Crippen LogP contribution in [-0.4, -0.2) is 61.8 Å². The third-order valence-electron chi connectivity index (χ3n) is 3.60. The first-order chi connectivity index (χ1) is 11.1. The average Bonchev–Trinajstić information content (AvgIpc) is 2.57. The summed E-state index contributed by atoms with van der Waals surface area (Å²) in [4.78, 5) is 25.4. The molecule has 2 saturated heterocycles. The molecule has 0 aliphatic carbocycles. The lowest BCUT2D eigenvalue weighted by Crippen LogP contribution is -2.65. The molecular formula is C14H17N3O6. The number of morpholine rings is 1. The van der Waals surface area contributed by atoms with Crippen molar-refractivity contribution in [1.82, 2.24) is 15.3 Å². The van der Waals surface area contributed by atoms with Crippen molar-refractivity contribution in [3.8, 4) is 0 Å². The highest BCUT2D eigenvalue weighted by molar-refractivity contribution is 5.95. The highest BCUT2D eigenvalue weighted by Crippen LogP contribution is 2.29. The SMILES string of the molecule is C=C1C=CN2N[C@@H]3COCCN3C(=O)C2=C1OCOC(=O)OC. The van der Waals surface area contributed by atoms with Crippen molar-refractivity contribution in [1.29, 1.82) is 0 Å². The summed E-state index contributed by atoms with van der Waals surface area (Å²) >= 11 is 0. The lowest BCUT2D eigenvalue weighted by atomic mass is 10.1. The molecule has 0 saturated carbocycles. The molecule has 1 atom stereocenters. The van der Waals surface area contributed by atoms with Gasteiger partial charge in [-0.2, -0.15) is 0 Å². The molecule has 1 N–H and O–H groups in total. The largest absolute Gasteiger partial charge is 0.510 e. The first-order valence-electron chi connectivity index (χ1n) is 7.01. The van der Waals surface area contributed by atoms with E-state index in [2.05, 4.69) is 16.7 Å². The fourth-order valence-corrected chi connectivity index (χ4v) is 2.49. The van der Waals surface area contributed by atoms with Crippen molar-refractivity contribution < 1.29 is 28.5 Å². The van der Waals surface area contributed by atoms with E-state index in [0.717, 1.165) is 0 Å². The van der Waals surface area contributed by atoms with Gasteiger partial charge in [0.1, 0.15) is 6.17 Å². The molecular weight excluding hydrogens is 306 g/mol. The van der Waals surface area contributed by atoms with E-state index in [9.17, 15) is 9.59 Å². The predicted octanol–water partition coefficient (Wildman–Crippen LogP) is 0.0437. The van der Waals surface area contributed by atoms with Gasteiger partial charge in [-0.15, -0.1) is 0 Å². The van der Waals surface area contributed by atoms with Crippen LogP contribution in [0.1, 0.15) is 0 Å². The minimum atomic E-state index is -0.870. The van der Waals surface area contributed by atoms with E-state index in [0.29, 0.717) is 31.0 Å². The summed E-state index contributed by atoms with van der Waals surface area (Å²) in [6, 6.07) is 0. The molecule has 0 radical (unpaired) electrons. The Kier molecular flexibility index (Phi) is 4.22. The molecule has 3 rings (SSSR count). The molecule has 2 fully saturated rings. The van der Waals surface area contributed by atoms with Gasteiger partial charge in [-0.1, -0.05) is 6.58 Å². The summed E-state index contributed by atoms with van der Waals surface area (Å²) in [7, 11) is 1.20. The Morgan fingerprint density at radius 1 is 1.57 bits per heavy atom. The molecule has 3 heterocycles. The standard InChI is InChI=1S/C14H17N3O6/c1-9-3-4-17-11(12(9)22-8-23-14(19)20-2)13(18)16-5-6-21-7-10(16)15-17/h3-4,10,15H,1,5-8H2,2H3/t10-/m0/s1. The van der Waals surface area contributed by atoms with E-state index in [4.69, 9.17) is 14.2 Å². The Labute approximate surface area is 132 Å². The number of ether oxygens (including phenoxy) is 4. The first kappa shape index (κ1) is 15.4. The van der Waals surface area contributed by atoms with Gasteiger partial charge < -0.3 is 23.8 Å². The second-order valence-corrected chi connectivity index (χ2v) is 4.97. The summed E-state index contributed by atoms with van der Waals surface area (Å²) in [5.41, 5.74) is 3.97.